The third-order valence-corrected chi connectivity index (χ3v) is 4.70. The molecule has 21 heavy (non-hydrogen) atoms. The summed E-state index contributed by atoms with van der Waals surface area (Å²) in [7, 11) is -3.58. The second-order valence-electron chi connectivity index (χ2n) is 4.83. The van der Waals surface area contributed by atoms with Gasteiger partial charge in [-0.25, -0.2) is 13.1 Å². The number of benzene rings is 2. The molecule has 2 aromatic rings. The van der Waals surface area contributed by atoms with E-state index in [4.69, 9.17) is 0 Å². The van der Waals surface area contributed by atoms with Gasteiger partial charge < -0.3 is 0 Å². The first-order chi connectivity index (χ1) is 9.90. The number of hydrogen-bond acceptors (Lipinski definition) is 3. The highest BCUT2D eigenvalue weighted by Gasteiger charge is 2.14. The minimum atomic E-state index is -3.58. The molecule has 0 atom stereocenters. The molecular formula is C16H17NO3S. The van der Waals surface area contributed by atoms with Crippen molar-refractivity contribution in [2.24, 2.45) is 0 Å². The lowest BCUT2D eigenvalue weighted by Gasteiger charge is -2.09. The first-order valence-electron chi connectivity index (χ1n) is 6.55. The second kappa shape index (κ2) is 6.20. The molecule has 4 nitrogen and oxygen atoms in total. The Morgan fingerprint density at radius 1 is 1.05 bits per heavy atom. The summed E-state index contributed by atoms with van der Waals surface area (Å²) >= 11 is 0. The van der Waals surface area contributed by atoms with Gasteiger partial charge in [0, 0.05) is 12.1 Å². The topological polar surface area (TPSA) is 63.2 Å². The highest BCUT2D eigenvalue weighted by molar-refractivity contribution is 7.89. The highest BCUT2D eigenvalue weighted by atomic mass is 32.2. The van der Waals surface area contributed by atoms with E-state index in [-0.39, 0.29) is 17.2 Å². The molecule has 5 heteroatoms. The minimum Gasteiger partial charge on any atom is -0.295 e. The molecule has 0 bridgehead atoms. The van der Waals surface area contributed by atoms with E-state index in [0.717, 1.165) is 11.1 Å². The smallest absolute Gasteiger partial charge is 0.240 e. The average Bonchev–Trinajstić information content (AvgIpc) is 2.46. The molecule has 0 aliphatic heterocycles. The van der Waals surface area contributed by atoms with Crippen LogP contribution in [0.1, 0.15) is 28.4 Å². The van der Waals surface area contributed by atoms with Gasteiger partial charge in [-0.3, -0.25) is 4.79 Å². The summed E-state index contributed by atoms with van der Waals surface area (Å²) < 4.78 is 27.0. The molecular weight excluding hydrogens is 286 g/mol. The van der Waals surface area contributed by atoms with Gasteiger partial charge in [0.05, 0.1) is 4.90 Å². The molecule has 0 unspecified atom stereocenters. The van der Waals surface area contributed by atoms with E-state index in [1.54, 1.807) is 0 Å². The summed E-state index contributed by atoms with van der Waals surface area (Å²) in [4.78, 5) is 11.3. The number of sulfonamides is 1. The standard InChI is InChI=1S/C16H17NO3S/c1-12-5-3-4-6-15(12)11-17-21(19,20)16-9-7-14(8-10-16)13(2)18/h3-10,17H,11H2,1-2H3. The van der Waals surface area contributed by atoms with E-state index < -0.39 is 10.0 Å². The summed E-state index contributed by atoms with van der Waals surface area (Å²) in [6.45, 7) is 3.62. The lowest BCUT2D eigenvalue weighted by molar-refractivity contribution is 0.101. The number of ketones is 1. The fraction of sp³-hybridized carbons (Fsp3) is 0.188. The maximum absolute atomic E-state index is 12.2. The monoisotopic (exact) mass is 303 g/mol. The summed E-state index contributed by atoms with van der Waals surface area (Å²) in [5, 5.41) is 0. The predicted octanol–water partition coefficient (Wildman–Crippen LogP) is 2.68. The van der Waals surface area contributed by atoms with Crippen LogP contribution in [0.3, 0.4) is 0 Å². The largest absolute Gasteiger partial charge is 0.295 e. The van der Waals surface area contributed by atoms with Crippen LogP contribution in [0.25, 0.3) is 0 Å². The van der Waals surface area contributed by atoms with Gasteiger partial charge in [0.25, 0.3) is 0 Å². The van der Waals surface area contributed by atoms with Crippen LogP contribution in [0.5, 0.6) is 0 Å². The first kappa shape index (κ1) is 15.4. The third kappa shape index (κ3) is 3.77. The van der Waals surface area contributed by atoms with Crippen molar-refractivity contribution in [3.63, 3.8) is 0 Å². The fourth-order valence-electron chi connectivity index (χ4n) is 1.93. The normalized spacial score (nSPS) is 11.3. The van der Waals surface area contributed by atoms with Crippen LogP contribution in [0.2, 0.25) is 0 Å². The molecule has 0 heterocycles. The molecule has 0 aliphatic rings. The van der Waals surface area contributed by atoms with Gasteiger partial charge in [0.2, 0.25) is 10.0 Å². The van der Waals surface area contributed by atoms with E-state index in [1.807, 2.05) is 31.2 Å². The molecule has 1 N–H and O–H groups in total. The Morgan fingerprint density at radius 3 is 2.24 bits per heavy atom. The van der Waals surface area contributed by atoms with Crippen LogP contribution in [-0.2, 0) is 16.6 Å². The van der Waals surface area contributed by atoms with Crippen LogP contribution in [0.4, 0.5) is 0 Å². The molecule has 0 spiro atoms. The van der Waals surface area contributed by atoms with E-state index in [2.05, 4.69) is 4.72 Å². The van der Waals surface area contributed by atoms with Gasteiger partial charge in [-0.05, 0) is 37.1 Å². The van der Waals surface area contributed by atoms with Crippen molar-refractivity contribution >= 4 is 15.8 Å². The maximum atomic E-state index is 12.2. The number of carbonyl (C=O) groups excluding carboxylic acids is 1. The molecule has 0 amide bonds. The van der Waals surface area contributed by atoms with Crippen molar-refractivity contribution in [3.8, 4) is 0 Å². The molecule has 0 saturated heterocycles. The number of hydrogen-bond donors (Lipinski definition) is 1. The van der Waals surface area contributed by atoms with E-state index in [1.165, 1.54) is 31.2 Å². The number of aryl methyl sites for hydroxylation is 1. The molecule has 0 radical (unpaired) electrons. The van der Waals surface area contributed by atoms with Gasteiger partial charge in [-0.1, -0.05) is 36.4 Å². The molecule has 2 aromatic carbocycles. The fourth-order valence-corrected chi connectivity index (χ4v) is 2.94. The van der Waals surface area contributed by atoms with E-state index >= 15 is 0 Å². The summed E-state index contributed by atoms with van der Waals surface area (Å²) in [5.41, 5.74) is 2.46. The Labute approximate surface area is 124 Å². The van der Waals surface area contributed by atoms with E-state index in [0.29, 0.717) is 5.56 Å². The van der Waals surface area contributed by atoms with Crippen LogP contribution < -0.4 is 4.72 Å². The summed E-state index contributed by atoms with van der Waals surface area (Å²) in [6.07, 6.45) is 0. The Hall–Kier alpha value is -1.98. The summed E-state index contributed by atoms with van der Waals surface area (Å²) in [5.74, 6) is -0.0909. The van der Waals surface area contributed by atoms with Gasteiger partial charge in [-0.15, -0.1) is 0 Å². The Morgan fingerprint density at radius 2 is 1.67 bits per heavy atom. The zero-order valence-electron chi connectivity index (χ0n) is 12.0. The average molecular weight is 303 g/mol. The van der Waals surface area contributed by atoms with Crippen molar-refractivity contribution in [2.75, 3.05) is 0 Å². The van der Waals surface area contributed by atoms with Crippen molar-refractivity contribution in [3.05, 3.63) is 65.2 Å². The molecule has 2 rings (SSSR count). The Bertz CT molecular complexity index is 749. The lowest BCUT2D eigenvalue weighted by Crippen LogP contribution is -2.23. The predicted molar refractivity (Wildman–Crippen MR) is 81.7 cm³/mol. The Balaban J connectivity index is 2.15. The first-order valence-corrected chi connectivity index (χ1v) is 8.03. The van der Waals surface area contributed by atoms with Crippen molar-refractivity contribution in [1.82, 2.24) is 4.72 Å². The number of nitrogens with one attached hydrogen (secondary N) is 1. The SMILES string of the molecule is CC(=O)c1ccc(S(=O)(=O)NCc2ccccc2C)cc1. The lowest BCUT2D eigenvalue weighted by atomic mass is 10.1. The van der Waals surface area contributed by atoms with Gasteiger partial charge in [-0.2, -0.15) is 0 Å². The molecule has 0 aliphatic carbocycles. The second-order valence-corrected chi connectivity index (χ2v) is 6.60. The van der Waals surface area contributed by atoms with Gasteiger partial charge >= 0.3 is 0 Å². The third-order valence-electron chi connectivity index (χ3n) is 3.29. The van der Waals surface area contributed by atoms with Crippen LogP contribution >= 0.6 is 0 Å². The van der Waals surface area contributed by atoms with Crippen molar-refractivity contribution in [2.45, 2.75) is 25.3 Å². The van der Waals surface area contributed by atoms with Crippen LogP contribution in [0.15, 0.2) is 53.4 Å². The zero-order chi connectivity index (χ0) is 15.5. The number of carbonyl (C=O) groups is 1. The summed E-state index contributed by atoms with van der Waals surface area (Å²) in [6, 6.07) is 13.5. The van der Waals surface area contributed by atoms with Crippen LogP contribution in [-0.4, -0.2) is 14.2 Å². The molecule has 110 valence electrons. The van der Waals surface area contributed by atoms with Crippen molar-refractivity contribution < 1.29 is 13.2 Å². The molecule has 0 fully saturated rings. The van der Waals surface area contributed by atoms with Gasteiger partial charge in [0.15, 0.2) is 5.78 Å². The van der Waals surface area contributed by atoms with Gasteiger partial charge in [0.1, 0.15) is 0 Å². The van der Waals surface area contributed by atoms with Crippen LogP contribution in [0, 0.1) is 6.92 Å². The number of rotatable bonds is 5. The minimum absolute atomic E-state index is 0.0909. The van der Waals surface area contributed by atoms with Crippen molar-refractivity contribution in [1.29, 1.82) is 0 Å². The number of Topliss-reactive ketones (excluding diaryl/α,β-unsaturated/α-hetero) is 1. The molecule has 0 saturated carbocycles. The van der Waals surface area contributed by atoms with E-state index in [9.17, 15) is 13.2 Å². The zero-order valence-corrected chi connectivity index (χ0v) is 12.8. The Kier molecular flexibility index (Phi) is 4.55. The molecule has 0 aromatic heterocycles. The maximum Gasteiger partial charge on any atom is 0.240 e. The quantitative estimate of drug-likeness (QED) is 0.864. The highest BCUT2D eigenvalue weighted by Crippen LogP contribution is 2.13.